The summed E-state index contributed by atoms with van der Waals surface area (Å²) in [6.07, 6.45) is 11.1. The molecule has 0 aromatic carbocycles. The molecule has 0 spiro atoms. The number of halogens is 2. The molecule has 0 nitrogen and oxygen atoms in total. The van der Waals surface area contributed by atoms with Gasteiger partial charge in [0.2, 0.25) is 0 Å². The van der Waals surface area contributed by atoms with Gasteiger partial charge in [0.15, 0.2) is 0 Å². The molecule has 118 valence electrons. The molecule has 0 bridgehead atoms. The van der Waals surface area contributed by atoms with Gasteiger partial charge in [0.1, 0.15) is 0 Å². The molecule has 0 amide bonds. The van der Waals surface area contributed by atoms with Gasteiger partial charge in [-0.1, -0.05) is 0 Å². The summed E-state index contributed by atoms with van der Waals surface area (Å²) in [7, 11) is 11.6. The van der Waals surface area contributed by atoms with Crippen molar-refractivity contribution in [3.8, 4) is 0 Å². The van der Waals surface area contributed by atoms with E-state index in [4.69, 9.17) is 18.8 Å². The second kappa shape index (κ2) is 5.94. The standard InChI is InChI=1S/2C8H13Si.2ClH.Mo/c2*1-9(2,3)8-6-4-5-7-8;;;/h2*4,6H,5H2,1-3H3;2*1H;/q;;;;+2/p-2. The first kappa shape index (κ1) is 18.0. The van der Waals surface area contributed by atoms with Crippen LogP contribution in [0.2, 0.25) is 39.3 Å². The molecule has 2 rings (SSSR count). The molecule has 0 aromatic heterocycles. The fourth-order valence-electron chi connectivity index (χ4n) is 2.94. The number of hydrogen-bond acceptors (Lipinski definition) is 0. The van der Waals surface area contributed by atoms with E-state index in [2.05, 4.69) is 63.6 Å². The van der Waals surface area contributed by atoms with E-state index >= 15 is 0 Å². The SMILES string of the molecule is C[Si](C)(C)C1=[C]([Mo]([Cl])([Cl])[C]2=C([Si](C)(C)C)C=CC2)CC=C1. The van der Waals surface area contributed by atoms with Crippen molar-refractivity contribution in [3.63, 3.8) is 0 Å². The Bertz CT molecular complexity index is 520. The Hall–Kier alpha value is 0.662. The van der Waals surface area contributed by atoms with Gasteiger partial charge >= 0.3 is 144 Å². The summed E-state index contributed by atoms with van der Waals surface area (Å²) < 4.78 is 2.85. The van der Waals surface area contributed by atoms with Crippen molar-refractivity contribution in [3.05, 3.63) is 42.6 Å². The average Bonchev–Trinajstić information content (AvgIpc) is 2.97. The maximum absolute atomic E-state index is 7.15. The minimum absolute atomic E-state index is 0.982. The molecule has 0 radical (unpaired) electrons. The van der Waals surface area contributed by atoms with E-state index in [1.165, 1.54) is 18.3 Å². The van der Waals surface area contributed by atoms with Crippen molar-refractivity contribution in [1.29, 1.82) is 0 Å². The molecule has 2 aliphatic carbocycles. The predicted molar refractivity (Wildman–Crippen MR) is 100.0 cm³/mol. The zero-order valence-corrected chi connectivity index (χ0v) is 19.4. The summed E-state index contributed by atoms with van der Waals surface area (Å²) in [5, 5.41) is 3.03. The van der Waals surface area contributed by atoms with Crippen molar-refractivity contribution >= 4 is 35.0 Å². The molecule has 0 saturated heterocycles. The molecule has 0 fully saturated rings. The van der Waals surface area contributed by atoms with Crippen molar-refractivity contribution < 1.29 is 14.0 Å². The van der Waals surface area contributed by atoms with Crippen molar-refractivity contribution in [2.45, 2.75) is 52.1 Å². The molecule has 2 aliphatic rings. The van der Waals surface area contributed by atoms with Crippen molar-refractivity contribution in [2.75, 3.05) is 0 Å². The van der Waals surface area contributed by atoms with E-state index in [1.807, 2.05) is 0 Å². The Morgan fingerprint density at radius 2 is 1.10 bits per heavy atom. The molecular formula is C16H26Cl2MoSi2. The fourth-order valence-corrected chi connectivity index (χ4v) is 21.3. The molecule has 0 N–H and O–H groups in total. The fraction of sp³-hybridized carbons (Fsp3) is 0.500. The minimum atomic E-state index is -3.16. The van der Waals surface area contributed by atoms with Crippen LogP contribution in [0.15, 0.2) is 42.6 Å². The number of rotatable bonds is 4. The second-order valence-electron chi connectivity index (χ2n) is 7.86. The first-order valence-electron chi connectivity index (χ1n) is 7.48. The van der Waals surface area contributed by atoms with Gasteiger partial charge in [-0.15, -0.1) is 0 Å². The van der Waals surface area contributed by atoms with E-state index in [-0.39, 0.29) is 0 Å². The Labute approximate surface area is 143 Å². The van der Waals surface area contributed by atoms with Crippen molar-refractivity contribution in [2.24, 2.45) is 0 Å². The van der Waals surface area contributed by atoms with Crippen LogP contribution in [0.1, 0.15) is 12.8 Å². The third-order valence-corrected chi connectivity index (χ3v) is 18.5. The summed E-state index contributed by atoms with van der Waals surface area (Å²) in [6.45, 7) is 14.4. The van der Waals surface area contributed by atoms with Gasteiger partial charge < -0.3 is 0 Å². The topological polar surface area (TPSA) is 0 Å². The average molecular weight is 441 g/mol. The molecule has 0 atom stereocenters. The van der Waals surface area contributed by atoms with Gasteiger partial charge in [-0.05, 0) is 0 Å². The first-order valence-corrected chi connectivity index (χ1v) is 21.7. The van der Waals surface area contributed by atoms with Gasteiger partial charge in [0.25, 0.3) is 0 Å². The zero-order valence-electron chi connectivity index (χ0n) is 13.9. The predicted octanol–water partition coefficient (Wildman–Crippen LogP) is 6.63. The second-order valence-corrected chi connectivity index (χ2v) is 29.1. The van der Waals surface area contributed by atoms with E-state index < -0.39 is 30.1 Å². The van der Waals surface area contributed by atoms with Crippen LogP contribution in [-0.4, -0.2) is 16.1 Å². The molecule has 21 heavy (non-hydrogen) atoms. The van der Waals surface area contributed by atoms with Crippen LogP contribution in [0, 0.1) is 0 Å². The van der Waals surface area contributed by atoms with E-state index in [0.717, 1.165) is 12.8 Å². The number of allylic oxidation sites excluding steroid dienone is 8. The monoisotopic (exact) mass is 442 g/mol. The Kier molecular flexibility index (Phi) is 5.10. The summed E-state index contributed by atoms with van der Waals surface area (Å²) in [4.78, 5) is 0. The molecule has 5 heteroatoms. The molecule has 0 heterocycles. The van der Waals surface area contributed by atoms with Crippen LogP contribution in [-0.2, 0) is 14.0 Å². The van der Waals surface area contributed by atoms with Gasteiger partial charge in [-0.25, -0.2) is 0 Å². The summed E-state index contributed by atoms with van der Waals surface area (Å²) in [5.41, 5.74) is 0. The van der Waals surface area contributed by atoms with Crippen LogP contribution in [0.25, 0.3) is 0 Å². The molecule has 0 aliphatic heterocycles. The summed E-state index contributed by atoms with van der Waals surface area (Å²) >= 11 is -3.16. The molecule has 0 aromatic rings. The summed E-state index contributed by atoms with van der Waals surface area (Å²) in [5.74, 6) is 0. The normalized spacial score (nSPS) is 21.0. The van der Waals surface area contributed by atoms with E-state index in [1.54, 1.807) is 0 Å². The Balaban J connectivity index is 2.54. The molecular weight excluding hydrogens is 415 g/mol. The summed E-state index contributed by atoms with van der Waals surface area (Å²) in [6, 6.07) is 0. The number of hydrogen-bond donors (Lipinski definition) is 0. The van der Waals surface area contributed by atoms with E-state index in [9.17, 15) is 0 Å². The third kappa shape index (κ3) is 3.61. The van der Waals surface area contributed by atoms with E-state index in [0.29, 0.717) is 0 Å². The van der Waals surface area contributed by atoms with Gasteiger partial charge in [0.05, 0.1) is 0 Å². The third-order valence-electron chi connectivity index (χ3n) is 4.01. The zero-order chi connectivity index (χ0) is 16.1. The van der Waals surface area contributed by atoms with Crippen molar-refractivity contribution in [1.82, 2.24) is 0 Å². The van der Waals surface area contributed by atoms with Gasteiger partial charge in [0, 0.05) is 0 Å². The van der Waals surface area contributed by atoms with Crippen LogP contribution >= 0.6 is 18.8 Å². The first-order chi connectivity index (χ1) is 9.45. The molecule has 0 unspecified atom stereocenters. The Morgan fingerprint density at radius 3 is 1.38 bits per heavy atom. The van der Waals surface area contributed by atoms with Crippen LogP contribution in [0.3, 0.4) is 0 Å². The van der Waals surface area contributed by atoms with Crippen LogP contribution in [0.5, 0.6) is 0 Å². The maximum atomic E-state index is 7.15. The van der Waals surface area contributed by atoms with Crippen LogP contribution in [0.4, 0.5) is 0 Å². The van der Waals surface area contributed by atoms with Gasteiger partial charge in [-0.2, -0.15) is 0 Å². The van der Waals surface area contributed by atoms with Crippen LogP contribution < -0.4 is 0 Å². The Morgan fingerprint density at radius 1 is 0.762 bits per heavy atom. The van der Waals surface area contributed by atoms with Gasteiger partial charge in [-0.3, -0.25) is 0 Å². The molecule has 0 saturated carbocycles. The quantitative estimate of drug-likeness (QED) is 0.430.